The van der Waals surface area contributed by atoms with Gasteiger partial charge in [-0.05, 0) is 25.2 Å². The topological polar surface area (TPSA) is 0 Å². The first kappa shape index (κ1) is 9.74. The van der Waals surface area contributed by atoms with Gasteiger partial charge in [0, 0.05) is 0 Å². The zero-order valence-electron chi connectivity index (χ0n) is 7.83. The van der Waals surface area contributed by atoms with Gasteiger partial charge in [-0.1, -0.05) is 32.8 Å². The minimum atomic E-state index is 0.513. The first-order chi connectivity index (χ1) is 4.48. The molecule has 0 heterocycles. The molecular formula is C10H20. The zero-order valence-corrected chi connectivity index (χ0v) is 7.83. The number of allylic oxidation sites excluding steroid dienone is 1. The lowest BCUT2D eigenvalue weighted by Gasteiger charge is -2.22. The molecule has 0 aliphatic carbocycles. The van der Waals surface area contributed by atoms with E-state index in [1.807, 2.05) is 0 Å². The Morgan fingerprint density at radius 3 is 2.20 bits per heavy atom. The molecular weight excluding hydrogens is 120 g/mol. The van der Waals surface area contributed by atoms with Gasteiger partial charge >= 0.3 is 0 Å². The van der Waals surface area contributed by atoms with E-state index in [1.165, 1.54) is 24.8 Å². The highest BCUT2D eigenvalue weighted by Crippen LogP contribution is 2.27. The zero-order chi connectivity index (χ0) is 8.20. The lowest BCUT2D eigenvalue weighted by molar-refractivity contribution is 0.322. The summed E-state index contributed by atoms with van der Waals surface area (Å²) in [6.07, 6.45) is 3.72. The highest BCUT2D eigenvalue weighted by atomic mass is 14.2. The summed E-state index contributed by atoms with van der Waals surface area (Å²) in [7, 11) is 0. The van der Waals surface area contributed by atoms with E-state index in [-0.39, 0.29) is 0 Å². The lowest BCUT2D eigenvalue weighted by atomic mass is 9.84. The third kappa shape index (κ3) is 4.60. The fourth-order valence-electron chi connectivity index (χ4n) is 0.729. The summed E-state index contributed by atoms with van der Waals surface area (Å²) in [4.78, 5) is 0. The van der Waals surface area contributed by atoms with Crippen molar-refractivity contribution in [2.75, 3.05) is 0 Å². The van der Waals surface area contributed by atoms with E-state index in [9.17, 15) is 0 Å². The summed E-state index contributed by atoms with van der Waals surface area (Å²) in [5, 5.41) is 0. The van der Waals surface area contributed by atoms with Crippen LogP contribution in [-0.4, -0.2) is 0 Å². The molecule has 0 bridgehead atoms. The summed E-state index contributed by atoms with van der Waals surface area (Å²) in [6, 6.07) is 0. The van der Waals surface area contributed by atoms with Crippen molar-refractivity contribution in [1.82, 2.24) is 0 Å². The molecule has 10 heavy (non-hydrogen) atoms. The van der Waals surface area contributed by atoms with E-state index in [2.05, 4.69) is 34.3 Å². The van der Waals surface area contributed by atoms with Crippen molar-refractivity contribution in [1.29, 1.82) is 0 Å². The van der Waals surface area contributed by atoms with Gasteiger partial charge in [0.2, 0.25) is 0 Å². The van der Waals surface area contributed by atoms with Gasteiger partial charge in [-0.15, -0.1) is 6.58 Å². The maximum Gasteiger partial charge on any atom is -0.0321 e. The molecule has 0 saturated carbocycles. The van der Waals surface area contributed by atoms with Crippen LogP contribution in [0.15, 0.2) is 12.2 Å². The van der Waals surface area contributed by atoms with Crippen LogP contribution in [0.1, 0.15) is 47.0 Å². The molecule has 0 aromatic carbocycles. The van der Waals surface area contributed by atoms with Crippen LogP contribution in [0.2, 0.25) is 0 Å². The summed E-state index contributed by atoms with van der Waals surface area (Å²) < 4.78 is 0. The molecule has 0 atom stereocenters. The van der Waals surface area contributed by atoms with Crippen molar-refractivity contribution >= 4 is 0 Å². The van der Waals surface area contributed by atoms with Crippen LogP contribution >= 0.6 is 0 Å². The highest BCUT2D eigenvalue weighted by Gasteiger charge is 2.13. The van der Waals surface area contributed by atoms with E-state index in [1.54, 1.807) is 0 Å². The number of rotatable bonds is 4. The fraction of sp³-hybridized carbons (Fsp3) is 0.800. The Kier molecular flexibility index (Phi) is 3.70. The Morgan fingerprint density at radius 1 is 1.40 bits per heavy atom. The second-order valence-electron chi connectivity index (χ2n) is 3.97. The van der Waals surface area contributed by atoms with Crippen LogP contribution in [0, 0.1) is 5.41 Å². The Bertz CT molecular complexity index is 109. The van der Waals surface area contributed by atoms with Crippen molar-refractivity contribution in [3.8, 4) is 0 Å². The van der Waals surface area contributed by atoms with Crippen molar-refractivity contribution in [2.45, 2.75) is 47.0 Å². The number of hydrogen-bond donors (Lipinski definition) is 0. The quantitative estimate of drug-likeness (QED) is 0.521. The van der Waals surface area contributed by atoms with Gasteiger partial charge in [0.1, 0.15) is 0 Å². The summed E-state index contributed by atoms with van der Waals surface area (Å²) >= 11 is 0. The van der Waals surface area contributed by atoms with E-state index < -0.39 is 0 Å². The molecule has 0 N–H and O–H groups in total. The maximum atomic E-state index is 3.89. The second kappa shape index (κ2) is 3.80. The smallest absolute Gasteiger partial charge is 0.0321 e. The summed E-state index contributed by atoms with van der Waals surface area (Å²) in [5.74, 6) is 0. The van der Waals surface area contributed by atoms with Crippen LogP contribution in [0.4, 0.5) is 0 Å². The van der Waals surface area contributed by atoms with Crippen LogP contribution in [0.5, 0.6) is 0 Å². The predicted octanol–water partition coefficient (Wildman–Crippen LogP) is 3.78. The molecule has 0 aliphatic heterocycles. The Labute approximate surface area is 65.3 Å². The van der Waals surface area contributed by atoms with Gasteiger partial charge in [-0.3, -0.25) is 0 Å². The molecule has 0 unspecified atom stereocenters. The Balaban J connectivity index is 3.56. The molecule has 0 radical (unpaired) electrons. The van der Waals surface area contributed by atoms with Crippen molar-refractivity contribution < 1.29 is 0 Å². The van der Waals surface area contributed by atoms with E-state index >= 15 is 0 Å². The fourth-order valence-corrected chi connectivity index (χ4v) is 0.729. The third-order valence-electron chi connectivity index (χ3n) is 2.19. The predicted molar refractivity (Wildman–Crippen MR) is 48.1 cm³/mol. The van der Waals surface area contributed by atoms with Gasteiger partial charge in [-0.2, -0.15) is 0 Å². The first-order valence-electron chi connectivity index (χ1n) is 4.12. The average Bonchev–Trinajstić information content (AvgIpc) is 1.85. The Hall–Kier alpha value is -0.260. The second-order valence-corrected chi connectivity index (χ2v) is 3.97. The van der Waals surface area contributed by atoms with Crippen LogP contribution < -0.4 is 0 Å². The number of hydrogen-bond acceptors (Lipinski definition) is 0. The third-order valence-corrected chi connectivity index (χ3v) is 2.19. The molecule has 0 rings (SSSR count). The molecule has 0 nitrogen and oxygen atoms in total. The van der Waals surface area contributed by atoms with Crippen LogP contribution in [0.3, 0.4) is 0 Å². The molecule has 0 aliphatic rings. The minimum absolute atomic E-state index is 0.513. The van der Waals surface area contributed by atoms with Gasteiger partial charge in [0.15, 0.2) is 0 Å². The van der Waals surface area contributed by atoms with Gasteiger partial charge in [0.05, 0.1) is 0 Å². The van der Waals surface area contributed by atoms with E-state index in [0.717, 1.165) is 0 Å². The molecule has 0 amide bonds. The first-order valence-corrected chi connectivity index (χ1v) is 4.12. The summed E-state index contributed by atoms with van der Waals surface area (Å²) in [6.45, 7) is 12.9. The maximum absolute atomic E-state index is 3.89. The largest absolute Gasteiger partial charge is 0.100 e. The highest BCUT2D eigenvalue weighted by molar-refractivity contribution is 4.89. The molecule has 0 heteroatoms. The standard InChI is InChI=1S/C10H20/c1-6-10(4,5)8-7-9(2)3/h2,6-8H2,1,3-5H3. The average molecular weight is 140 g/mol. The monoisotopic (exact) mass is 140 g/mol. The van der Waals surface area contributed by atoms with Gasteiger partial charge in [0.25, 0.3) is 0 Å². The molecule has 0 aromatic heterocycles. The molecule has 0 aromatic rings. The van der Waals surface area contributed by atoms with E-state index in [4.69, 9.17) is 0 Å². The molecule has 0 fully saturated rings. The van der Waals surface area contributed by atoms with Gasteiger partial charge < -0.3 is 0 Å². The minimum Gasteiger partial charge on any atom is -0.100 e. The van der Waals surface area contributed by atoms with Crippen molar-refractivity contribution in [3.63, 3.8) is 0 Å². The van der Waals surface area contributed by atoms with Crippen molar-refractivity contribution in [3.05, 3.63) is 12.2 Å². The Morgan fingerprint density at radius 2 is 1.90 bits per heavy atom. The SMILES string of the molecule is C=C(C)CCC(C)(C)CC. The van der Waals surface area contributed by atoms with Crippen LogP contribution in [0.25, 0.3) is 0 Å². The summed E-state index contributed by atoms with van der Waals surface area (Å²) in [5.41, 5.74) is 1.82. The van der Waals surface area contributed by atoms with Crippen LogP contribution in [-0.2, 0) is 0 Å². The molecule has 0 spiro atoms. The molecule has 0 saturated heterocycles. The molecule has 60 valence electrons. The van der Waals surface area contributed by atoms with Crippen molar-refractivity contribution in [2.24, 2.45) is 5.41 Å². The van der Waals surface area contributed by atoms with E-state index in [0.29, 0.717) is 5.41 Å². The normalized spacial score (nSPS) is 11.6. The van der Waals surface area contributed by atoms with Gasteiger partial charge in [-0.25, -0.2) is 0 Å². The lowest BCUT2D eigenvalue weighted by Crippen LogP contribution is -2.08.